The zero-order chi connectivity index (χ0) is 18.3. The number of fused-ring (bicyclic) bond motifs is 3. The van der Waals surface area contributed by atoms with Crippen molar-refractivity contribution in [2.75, 3.05) is 6.54 Å². The van der Waals surface area contributed by atoms with E-state index in [2.05, 4.69) is 68.4 Å². The quantitative estimate of drug-likeness (QED) is 0.706. The van der Waals surface area contributed by atoms with Crippen LogP contribution in [0.1, 0.15) is 25.0 Å². The average molecular weight is 344 g/mol. The molecule has 0 radical (unpaired) electrons. The van der Waals surface area contributed by atoms with Crippen LogP contribution >= 0.6 is 0 Å². The zero-order valence-corrected chi connectivity index (χ0v) is 15.1. The van der Waals surface area contributed by atoms with Gasteiger partial charge in [0, 0.05) is 18.6 Å². The molecular weight excluding hydrogens is 322 g/mol. The highest BCUT2D eigenvalue weighted by molar-refractivity contribution is 6.02. The summed E-state index contributed by atoms with van der Waals surface area (Å²) in [5, 5.41) is 11.8. The van der Waals surface area contributed by atoms with E-state index in [0.29, 0.717) is 0 Å². The second-order valence-electron chi connectivity index (χ2n) is 7.24. The maximum atomic E-state index is 11.5. The fourth-order valence-corrected chi connectivity index (χ4v) is 4.28. The largest absolute Gasteiger partial charge is 0.477 e. The molecule has 1 aliphatic rings. The fraction of sp³-hybridized carbons (Fsp3) is 0.217. The molecule has 0 saturated heterocycles. The van der Waals surface area contributed by atoms with Crippen molar-refractivity contribution < 1.29 is 14.5 Å². The molecule has 1 unspecified atom stereocenters. The Morgan fingerprint density at radius 1 is 1.00 bits per heavy atom. The van der Waals surface area contributed by atoms with Crippen molar-refractivity contribution in [1.29, 1.82) is 0 Å². The summed E-state index contributed by atoms with van der Waals surface area (Å²) in [4.78, 5) is 11.5. The van der Waals surface area contributed by atoms with Crippen molar-refractivity contribution in [2.45, 2.75) is 25.7 Å². The lowest BCUT2D eigenvalue weighted by atomic mass is 9.73. The summed E-state index contributed by atoms with van der Waals surface area (Å²) in [6.45, 7) is 4.30. The predicted molar refractivity (Wildman–Crippen MR) is 105 cm³/mol. The first kappa shape index (κ1) is 16.5. The van der Waals surface area contributed by atoms with E-state index in [1.807, 2.05) is 16.7 Å². The number of carbonyl (C=O) groups is 1. The highest BCUT2D eigenvalue weighted by atomic mass is 16.4. The maximum absolute atomic E-state index is 11.5. The molecule has 0 aliphatic carbocycles. The van der Waals surface area contributed by atoms with Gasteiger partial charge < -0.3 is 5.11 Å². The Morgan fingerprint density at radius 2 is 1.69 bits per heavy atom. The smallest absolute Gasteiger partial charge is 0.370 e. The number of aliphatic carboxylic acids is 1. The van der Waals surface area contributed by atoms with Crippen LogP contribution in [0.25, 0.3) is 10.8 Å². The lowest BCUT2D eigenvalue weighted by Gasteiger charge is -2.23. The minimum absolute atomic E-state index is 0.0123. The van der Waals surface area contributed by atoms with Gasteiger partial charge in [0.25, 0.3) is 0 Å². The van der Waals surface area contributed by atoms with Crippen LogP contribution in [0.15, 0.2) is 66.7 Å². The van der Waals surface area contributed by atoms with E-state index < -0.39 is 5.97 Å². The molecule has 3 heteroatoms. The minimum atomic E-state index is -0.813. The Hall–Kier alpha value is -2.94. The van der Waals surface area contributed by atoms with Crippen LogP contribution in [-0.4, -0.2) is 27.9 Å². The summed E-state index contributed by atoms with van der Waals surface area (Å²) in [5.74, 6) is -0.813. The molecule has 3 aromatic carbocycles. The van der Waals surface area contributed by atoms with Crippen LogP contribution in [0.5, 0.6) is 0 Å². The number of rotatable bonds is 4. The number of carboxylic acid groups (broad SMARTS) is 1. The first-order valence-corrected chi connectivity index (χ1v) is 8.90. The van der Waals surface area contributed by atoms with Gasteiger partial charge in [-0.15, -0.1) is 0 Å². The van der Waals surface area contributed by atoms with Gasteiger partial charge in [0.2, 0.25) is 12.2 Å². The second kappa shape index (κ2) is 6.10. The molecule has 0 amide bonds. The number of hydrogen-bond donors (Lipinski definition) is 1. The lowest BCUT2D eigenvalue weighted by molar-refractivity contribution is -0.429. The Bertz CT molecular complexity index is 1040. The number of benzene rings is 3. The van der Waals surface area contributed by atoms with Crippen molar-refractivity contribution in [1.82, 2.24) is 0 Å². The van der Waals surface area contributed by atoms with E-state index in [0.717, 1.165) is 17.8 Å². The van der Waals surface area contributed by atoms with Gasteiger partial charge in [0.1, 0.15) is 0 Å². The maximum Gasteiger partial charge on any atom is 0.370 e. The van der Waals surface area contributed by atoms with Gasteiger partial charge in [-0.2, -0.15) is 4.58 Å². The van der Waals surface area contributed by atoms with E-state index in [4.69, 9.17) is 0 Å². The van der Waals surface area contributed by atoms with E-state index in [1.165, 1.54) is 21.9 Å². The molecule has 3 aromatic rings. The fourth-order valence-electron chi connectivity index (χ4n) is 4.28. The highest BCUT2D eigenvalue weighted by Crippen LogP contribution is 2.45. The third-order valence-electron chi connectivity index (χ3n) is 5.65. The van der Waals surface area contributed by atoms with Gasteiger partial charge in [0.05, 0.1) is 5.41 Å². The van der Waals surface area contributed by atoms with E-state index in [1.54, 1.807) is 0 Å². The Balaban J connectivity index is 1.97. The summed E-state index contributed by atoms with van der Waals surface area (Å²) in [6, 6.07) is 23.0. The van der Waals surface area contributed by atoms with Gasteiger partial charge in [-0.05, 0) is 35.7 Å². The van der Waals surface area contributed by atoms with Crippen molar-refractivity contribution in [3.8, 4) is 0 Å². The van der Waals surface area contributed by atoms with Crippen molar-refractivity contribution in [2.24, 2.45) is 0 Å². The van der Waals surface area contributed by atoms with Crippen LogP contribution in [0.4, 0.5) is 5.69 Å². The molecule has 1 atom stereocenters. The molecule has 1 aliphatic heterocycles. The number of hydrogen-bond acceptors (Lipinski definition) is 1. The van der Waals surface area contributed by atoms with E-state index in [-0.39, 0.29) is 12.0 Å². The molecule has 3 nitrogen and oxygen atoms in total. The van der Waals surface area contributed by atoms with Crippen molar-refractivity contribution >= 4 is 28.1 Å². The summed E-state index contributed by atoms with van der Waals surface area (Å²) in [6.07, 6.45) is 0.844. The normalized spacial score (nSPS) is 19.0. The van der Waals surface area contributed by atoms with Crippen LogP contribution in [0.3, 0.4) is 0 Å². The summed E-state index contributed by atoms with van der Waals surface area (Å²) in [5.41, 5.74) is 4.35. The lowest BCUT2D eigenvalue weighted by Crippen LogP contribution is -2.33. The van der Waals surface area contributed by atoms with Gasteiger partial charge in [-0.1, -0.05) is 54.6 Å². The molecule has 26 heavy (non-hydrogen) atoms. The Kier molecular flexibility index (Phi) is 3.87. The van der Waals surface area contributed by atoms with Crippen molar-refractivity contribution in [3.05, 3.63) is 77.9 Å². The summed E-state index contributed by atoms with van der Waals surface area (Å²) < 4.78 is 1.97. The Morgan fingerprint density at radius 3 is 2.42 bits per heavy atom. The standard InChI is InChI=1S/C23H21NO2/c1-16-23(2,14-17-8-4-3-5-9-17)22-19-11-7-6-10-18(19)12-13-20(22)24(16)15-21(25)26/h3-13H,14-15H2,1-2H3/p+1. The first-order valence-electron chi connectivity index (χ1n) is 8.90. The van der Waals surface area contributed by atoms with Gasteiger partial charge in [0.15, 0.2) is 5.71 Å². The third-order valence-corrected chi connectivity index (χ3v) is 5.65. The summed E-state index contributed by atoms with van der Waals surface area (Å²) in [7, 11) is 0. The second-order valence-corrected chi connectivity index (χ2v) is 7.24. The molecule has 4 rings (SSSR count). The average Bonchev–Trinajstić information content (AvgIpc) is 2.84. The molecule has 130 valence electrons. The molecule has 1 heterocycles. The first-order chi connectivity index (χ1) is 12.5. The number of nitrogens with zero attached hydrogens (tertiary/aromatic N) is 1. The van der Waals surface area contributed by atoms with Gasteiger partial charge in [-0.3, -0.25) is 0 Å². The molecule has 0 bridgehead atoms. The molecule has 0 aromatic heterocycles. The topological polar surface area (TPSA) is 40.3 Å². The zero-order valence-electron chi connectivity index (χ0n) is 15.1. The molecule has 0 saturated carbocycles. The van der Waals surface area contributed by atoms with E-state index in [9.17, 15) is 9.90 Å². The predicted octanol–water partition coefficient (Wildman–Crippen LogP) is 4.54. The van der Waals surface area contributed by atoms with Crippen LogP contribution in [0, 0.1) is 0 Å². The molecule has 0 spiro atoms. The molecular formula is C23H22NO2+. The third kappa shape index (κ3) is 2.51. The minimum Gasteiger partial charge on any atom is -0.477 e. The number of carboxylic acids is 1. The van der Waals surface area contributed by atoms with Crippen LogP contribution < -0.4 is 0 Å². The SMILES string of the molecule is CC1=[N+](CC(=O)O)c2ccc3ccccc3c2C1(C)Cc1ccccc1. The van der Waals surface area contributed by atoms with Crippen LogP contribution in [0.2, 0.25) is 0 Å². The van der Waals surface area contributed by atoms with Crippen LogP contribution in [-0.2, 0) is 16.6 Å². The van der Waals surface area contributed by atoms with Gasteiger partial charge >= 0.3 is 5.97 Å². The Labute approximate surface area is 153 Å². The van der Waals surface area contributed by atoms with E-state index >= 15 is 0 Å². The monoisotopic (exact) mass is 344 g/mol. The highest BCUT2D eigenvalue weighted by Gasteiger charge is 2.48. The molecule has 1 N–H and O–H groups in total. The summed E-state index contributed by atoms with van der Waals surface area (Å²) >= 11 is 0. The molecule has 0 fully saturated rings. The van der Waals surface area contributed by atoms with Crippen molar-refractivity contribution in [3.63, 3.8) is 0 Å². The van der Waals surface area contributed by atoms with Gasteiger partial charge in [-0.25, -0.2) is 4.79 Å².